The number of hydrogen-bond acceptors (Lipinski definition) is 6. The molecule has 26 heavy (non-hydrogen) atoms. The van der Waals surface area contributed by atoms with Crippen molar-refractivity contribution < 1.29 is 27.0 Å². The molecule has 150 valence electrons. The van der Waals surface area contributed by atoms with E-state index in [-0.39, 0.29) is 35.5 Å². The molecule has 0 radical (unpaired) electrons. The summed E-state index contributed by atoms with van der Waals surface area (Å²) in [6, 6.07) is 3.65. The van der Waals surface area contributed by atoms with E-state index < -0.39 is 15.8 Å². The number of rotatable bonds is 11. The minimum absolute atomic E-state index is 0. The Labute approximate surface area is 160 Å². The van der Waals surface area contributed by atoms with Gasteiger partial charge in [0.05, 0.1) is 24.7 Å². The Hall–Kier alpha value is -0.970. The number of hydrogen-bond donors (Lipinski definition) is 2. The van der Waals surface area contributed by atoms with Crippen molar-refractivity contribution in [2.75, 3.05) is 53.2 Å². The zero-order valence-electron chi connectivity index (χ0n) is 14.7. The van der Waals surface area contributed by atoms with Crippen LogP contribution in [0.1, 0.15) is 6.42 Å². The molecule has 10 heteroatoms. The molecule has 1 aromatic rings. The highest BCUT2D eigenvalue weighted by Crippen LogP contribution is 2.22. The van der Waals surface area contributed by atoms with Crippen molar-refractivity contribution in [1.82, 2.24) is 10.0 Å². The molecular weight excluding hydrogens is 387 g/mol. The lowest BCUT2D eigenvalue weighted by Crippen LogP contribution is -2.33. The molecule has 1 saturated heterocycles. The van der Waals surface area contributed by atoms with Crippen LogP contribution in [0.5, 0.6) is 5.75 Å². The van der Waals surface area contributed by atoms with Crippen LogP contribution in [0.15, 0.2) is 23.1 Å². The van der Waals surface area contributed by atoms with Gasteiger partial charge in [-0.2, -0.15) is 0 Å². The Morgan fingerprint density at radius 2 is 2.12 bits per heavy atom. The molecule has 0 spiro atoms. The van der Waals surface area contributed by atoms with Crippen molar-refractivity contribution in [2.45, 2.75) is 11.3 Å². The zero-order chi connectivity index (χ0) is 18.1. The standard InChI is InChI=1S/C16H25FN2O5S.ClH/c1-22-9-7-18-5-6-19-25(20,21)14-2-3-16(15(17)10-14)24-12-13-4-8-23-11-13;/h2-3,10,13,18-19H,4-9,11-12H2,1H3;1H. The lowest BCUT2D eigenvalue weighted by Gasteiger charge is -2.12. The Morgan fingerprint density at radius 1 is 1.31 bits per heavy atom. The monoisotopic (exact) mass is 412 g/mol. The molecule has 1 heterocycles. The van der Waals surface area contributed by atoms with Gasteiger partial charge >= 0.3 is 0 Å². The lowest BCUT2D eigenvalue weighted by atomic mass is 10.1. The molecule has 1 atom stereocenters. The summed E-state index contributed by atoms with van der Waals surface area (Å²) in [5.41, 5.74) is 0. The van der Waals surface area contributed by atoms with Crippen LogP contribution in [-0.4, -0.2) is 61.6 Å². The maximum atomic E-state index is 14.1. The summed E-state index contributed by atoms with van der Waals surface area (Å²) < 4.78 is 56.4. The van der Waals surface area contributed by atoms with Crippen molar-refractivity contribution in [3.05, 3.63) is 24.0 Å². The quantitative estimate of drug-likeness (QED) is 0.531. The number of sulfonamides is 1. The fourth-order valence-corrected chi connectivity index (χ4v) is 3.39. The van der Waals surface area contributed by atoms with E-state index in [1.54, 1.807) is 7.11 Å². The minimum atomic E-state index is -3.76. The van der Waals surface area contributed by atoms with E-state index in [1.807, 2.05) is 0 Å². The maximum absolute atomic E-state index is 14.1. The van der Waals surface area contributed by atoms with Gasteiger partial charge in [0.2, 0.25) is 10.0 Å². The molecule has 1 aliphatic rings. The molecular formula is C16H26ClFN2O5S. The van der Waals surface area contributed by atoms with Crippen molar-refractivity contribution in [2.24, 2.45) is 5.92 Å². The Morgan fingerprint density at radius 3 is 2.77 bits per heavy atom. The number of benzene rings is 1. The van der Waals surface area contributed by atoms with E-state index in [9.17, 15) is 12.8 Å². The molecule has 0 aromatic heterocycles. The summed E-state index contributed by atoms with van der Waals surface area (Å²) in [5.74, 6) is -0.401. The summed E-state index contributed by atoms with van der Waals surface area (Å²) in [6.45, 7) is 3.49. The highest BCUT2D eigenvalue weighted by molar-refractivity contribution is 7.89. The van der Waals surface area contributed by atoms with Gasteiger partial charge in [-0.15, -0.1) is 12.4 Å². The molecule has 0 bridgehead atoms. The van der Waals surface area contributed by atoms with Crippen molar-refractivity contribution in [1.29, 1.82) is 0 Å². The first-order valence-electron chi connectivity index (χ1n) is 8.22. The molecule has 7 nitrogen and oxygen atoms in total. The number of ether oxygens (including phenoxy) is 3. The van der Waals surface area contributed by atoms with Crippen molar-refractivity contribution >= 4 is 22.4 Å². The van der Waals surface area contributed by atoms with Gasteiger partial charge in [-0.1, -0.05) is 0 Å². The SMILES string of the molecule is COCCNCCNS(=O)(=O)c1ccc(OCC2CCOC2)c(F)c1.Cl. The van der Waals surface area contributed by atoms with Gasteiger partial charge < -0.3 is 19.5 Å². The van der Waals surface area contributed by atoms with Gasteiger partial charge in [0.25, 0.3) is 0 Å². The minimum Gasteiger partial charge on any atom is -0.490 e. The van der Waals surface area contributed by atoms with Gasteiger partial charge in [-0.3, -0.25) is 0 Å². The van der Waals surface area contributed by atoms with Crippen LogP contribution in [0, 0.1) is 11.7 Å². The second-order valence-electron chi connectivity index (χ2n) is 5.77. The summed E-state index contributed by atoms with van der Waals surface area (Å²) in [6.07, 6.45) is 0.885. The Bertz CT molecular complexity index is 642. The van der Waals surface area contributed by atoms with Crippen LogP contribution in [-0.2, 0) is 19.5 Å². The molecule has 1 aliphatic heterocycles. The molecule has 2 rings (SSSR count). The van der Waals surface area contributed by atoms with Crippen LogP contribution >= 0.6 is 12.4 Å². The summed E-state index contributed by atoms with van der Waals surface area (Å²) in [7, 11) is -2.17. The average molecular weight is 413 g/mol. The second kappa shape index (κ2) is 11.7. The van der Waals surface area contributed by atoms with Crippen molar-refractivity contribution in [3.63, 3.8) is 0 Å². The third-order valence-electron chi connectivity index (χ3n) is 3.79. The second-order valence-corrected chi connectivity index (χ2v) is 7.54. The predicted octanol–water partition coefficient (Wildman–Crippen LogP) is 1.18. The fraction of sp³-hybridized carbons (Fsp3) is 0.625. The predicted molar refractivity (Wildman–Crippen MR) is 98.0 cm³/mol. The van der Waals surface area contributed by atoms with E-state index in [4.69, 9.17) is 14.2 Å². The molecule has 0 aliphatic carbocycles. The third kappa shape index (κ3) is 7.34. The highest BCUT2D eigenvalue weighted by atomic mass is 35.5. The van der Waals surface area contributed by atoms with Gasteiger partial charge in [-0.25, -0.2) is 17.5 Å². The molecule has 1 unspecified atom stereocenters. The van der Waals surface area contributed by atoms with Gasteiger partial charge in [-0.05, 0) is 24.6 Å². The normalized spacial score (nSPS) is 17.1. The van der Waals surface area contributed by atoms with E-state index in [0.29, 0.717) is 39.5 Å². The largest absolute Gasteiger partial charge is 0.490 e. The van der Waals surface area contributed by atoms with Crippen LogP contribution in [0.4, 0.5) is 4.39 Å². The van der Waals surface area contributed by atoms with E-state index >= 15 is 0 Å². The number of methoxy groups -OCH3 is 1. The first-order chi connectivity index (χ1) is 12.0. The number of halogens is 2. The van der Waals surface area contributed by atoms with Gasteiger partial charge in [0.15, 0.2) is 11.6 Å². The number of nitrogens with one attached hydrogen (secondary N) is 2. The average Bonchev–Trinajstić information content (AvgIpc) is 3.10. The maximum Gasteiger partial charge on any atom is 0.240 e. The molecule has 0 amide bonds. The Kier molecular flexibility index (Phi) is 10.4. The van der Waals surface area contributed by atoms with Crippen LogP contribution < -0.4 is 14.8 Å². The topological polar surface area (TPSA) is 85.9 Å². The van der Waals surface area contributed by atoms with Crippen molar-refractivity contribution in [3.8, 4) is 5.75 Å². The third-order valence-corrected chi connectivity index (χ3v) is 5.25. The highest BCUT2D eigenvalue weighted by Gasteiger charge is 2.19. The lowest BCUT2D eigenvalue weighted by molar-refractivity contribution is 0.165. The van der Waals surface area contributed by atoms with E-state index in [0.717, 1.165) is 12.5 Å². The fourth-order valence-electron chi connectivity index (χ4n) is 2.34. The van der Waals surface area contributed by atoms with Gasteiger partial charge in [0.1, 0.15) is 0 Å². The first kappa shape index (κ1) is 23.1. The summed E-state index contributed by atoms with van der Waals surface area (Å²) in [5, 5.41) is 3.02. The molecule has 1 aromatic carbocycles. The van der Waals surface area contributed by atoms with E-state index in [2.05, 4.69) is 10.0 Å². The molecule has 2 N–H and O–H groups in total. The zero-order valence-corrected chi connectivity index (χ0v) is 16.3. The Balaban J connectivity index is 0.00000338. The van der Waals surface area contributed by atoms with Crippen LogP contribution in [0.25, 0.3) is 0 Å². The van der Waals surface area contributed by atoms with Crippen LogP contribution in [0.3, 0.4) is 0 Å². The van der Waals surface area contributed by atoms with Gasteiger partial charge in [0, 0.05) is 39.3 Å². The smallest absolute Gasteiger partial charge is 0.240 e. The summed E-state index contributed by atoms with van der Waals surface area (Å²) in [4.78, 5) is -0.126. The van der Waals surface area contributed by atoms with Crippen LogP contribution in [0.2, 0.25) is 0 Å². The summed E-state index contributed by atoms with van der Waals surface area (Å²) >= 11 is 0. The molecule has 1 fully saturated rings. The molecule has 0 saturated carbocycles. The van der Waals surface area contributed by atoms with E-state index in [1.165, 1.54) is 12.1 Å². The first-order valence-corrected chi connectivity index (χ1v) is 9.70.